The van der Waals surface area contributed by atoms with Crippen LogP contribution in [0.25, 0.3) is 10.9 Å². The number of nitrogens with zero attached hydrogens (tertiary/aromatic N) is 1. The third kappa shape index (κ3) is 3.62. The van der Waals surface area contributed by atoms with Gasteiger partial charge in [-0.2, -0.15) is 0 Å². The molecule has 1 amide bonds. The number of ether oxygens (including phenoxy) is 1. The van der Waals surface area contributed by atoms with Crippen LogP contribution in [-0.2, 0) is 16.0 Å². The Morgan fingerprint density at radius 3 is 3.19 bits per heavy atom. The Morgan fingerprint density at radius 2 is 2.33 bits per heavy atom. The maximum atomic E-state index is 11.1. The first-order chi connectivity index (χ1) is 10.2. The molecule has 1 unspecified atom stereocenters. The highest BCUT2D eigenvalue weighted by atomic mass is 16.5. The second-order valence-electron chi connectivity index (χ2n) is 5.75. The van der Waals surface area contributed by atoms with Crippen molar-refractivity contribution in [3.8, 4) is 0 Å². The number of benzene rings is 1. The molecule has 5 heteroatoms. The topological polar surface area (TPSA) is 71.3 Å². The van der Waals surface area contributed by atoms with E-state index in [1.807, 2.05) is 6.20 Å². The lowest BCUT2D eigenvalue weighted by Crippen LogP contribution is -2.37. The number of aromatic nitrogens is 1. The fourth-order valence-corrected chi connectivity index (χ4v) is 3.00. The zero-order valence-corrected chi connectivity index (χ0v) is 12.0. The molecule has 1 aromatic carbocycles. The second-order valence-corrected chi connectivity index (χ2v) is 5.75. The van der Waals surface area contributed by atoms with Gasteiger partial charge in [0.25, 0.3) is 0 Å². The number of hydrogen-bond donors (Lipinski definition) is 2. The van der Waals surface area contributed by atoms with Gasteiger partial charge in [-0.1, -0.05) is 6.07 Å². The molecule has 5 nitrogen and oxygen atoms in total. The molecule has 1 aliphatic heterocycles. The van der Waals surface area contributed by atoms with E-state index in [2.05, 4.69) is 34.1 Å². The Hall–Kier alpha value is -1.85. The molecule has 21 heavy (non-hydrogen) atoms. The van der Waals surface area contributed by atoms with Crippen LogP contribution >= 0.6 is 0 Å². The van der Waals surface area contributed by atoms with Gasteiger partial charge in [-0.15, -0.1) is 0 Å². The van der Waals surface area contributed by atoms with E-state index < -0.39 is 0 Å². The van der Waals surface area contributed by atoms with Gasteiger partial charge in [0.1, 0.15) is 0 Å². The van der Waals surface area contributed by atoms with Crippen molar-refractivity contribution in [1.82, 2.24) is 9.88 Å². The third-order valence-corrected chi connectivity index (χ3v) is 3.94. The summed E-state index contributed by atoms with van der Waals surface area (Å²) in [6, 6.07) is 8.57. The van der Waals surface area contributed by atoms with E-state index in [0.29, 0.717) is 19.1 Å². The lowest BCUT2D eigenvalue weighted by atomic mass is 9.98. The van der Waals surface area contributed by atoms with Crippen LogP contribution < -0.4 is 5.73 Å². The van der Waals surface area contributed by atoms with Crippen LogP contribution in [-0.4, -0.2) is 48.6 Å². The van der Waals surface area contributed by atoms with Gasteiger partial charge in [0.15, 0.2) is 0 Å². The summed E-state index contributed by atoms with van der Waals surface area (Å²) >= 11 is 0. The van der Waals surface area contributed by atoms with Crippen molar-refractivity contribution in [2.45, 2.75) is 6.42 Å². The van der Waals surface area contributed by atoms with Crippen molar-refractivity contribution in [1.29, 1.82) is 0 Å². The normalized spacial score (nSPS) is 20.5. The Balaban J connectivity index is 1.68. The zero-order valence-electron chi connectivity index (χ0n) is 12.0. The lowest BCUT2D eigenvalue weighted by Gasteiger charge is -2.21. The van der Waals surface area contributed by atoms with Crippen molar-refractivity contribution in [3.05, 3.63) is 36.0 Å². The molecule has 2 aromatic rings. The first-order valence-corrected chi connectivity index (χ1v) is 7.35. The van der Waals surface area contributed by atoms with Gasteiger partial charge >= 0.3 is 0 Å². The summed E-state index contributed by atoms with van der Waals surface area (Å²) in [7, 11) is 0. The first kappa shape index (κ1) is 14.1. The SMILES string of the molecule is NC(=O)CN1CCOCC(Cc2ccc3[nH]ccc3c2)C1. The van der Waals surface area contributed by atoms with Crippen LogP contribution in [0.5, 0.6) is 0 Å². The molecule has 1 aliphatic rings. The zero-order chi connectivity index (χ0) is 14.7. The highest BCUT2D eigenvalue weighted by Gasteiger charge is 2.20. The van der Waals surface area contributed by atoms with Gasteiger partial charge in [0.2, 0.25) is 5.91 Å². The van der Waals surface area contributed by atoms with Crippen LogP contribution in [0, 0.1) is 5.92 Å². The van der Waals surface area contributed by atoms with Crippen molar-refractivity contribution in [2.75, 3.05) is 32.8 Å². The van der Waals surface area contributed by atoms with E-state index in [9.17, 15) is 4.79 Å². The van der Waals surface area contributed by atoms with Crippen LogP contribution in [0.1, 0.15) is 5.56 Å². The molecule has 1 aromatic heterocycles. The first-order valence-electron chi connectivity index (χ1n) is 7.35. The summed E-state index contributed by atoms with van der Waals surface area (Å²) in [6.07, 6.45) is 2.91. The predicted octanol–water partition coefficient (Wildman–Crippen LogP) is 1.14. The molecule has 0 radical (unpaired) electrons. The quantitative estimate of drug-likeness (QED) is 0.886. The molecule has 1 atom stereocenters. The number of primary amides is 1. The Kier molecular flexibility index (Phi) is 4.22. The molecule has 112 valence electrons. The summed E-state index contributed by atoms with van der Waals surface area (Å²) in [5.74, 6) is 0.118. The Bertz CT molecular complexity index is 623. The van der Waals surface area contributed by atoms with Crippen molar-refractivity contribution < 1.29 is 9.53 Å². The van der Waals surface area contributed by atoms with Gasteiger partial charge in [0.05, 0.1) is 19.8 Å². The van der Waals surface area contributed by atoms with E-state index in [4.69, 9.17) is 10.5 Å². The van der Waals surface area contributed by atoms with Gasteiger partial charge in [-0.25, -0.2) is 0 Å². The van der Waals surface area contributed by atoms with Crippen molar-refractivity contribution in [2.24, 2.45) is 11.7 Å². The Morgan fingerprint density at radius 1 is 1.43 bits per heavy atom. The number of carbonyl (C=O) groups excluding carboxylic acids is 1. The summed E-state index contributed by atoms with van der Waals surface area (Å²) < 4.78 is 5.66. The number of nitrogens with two attached hydrogens (primary N) is 1. The second kappa shape index (κ2) is 6.28. The summed E-state index contributed by atoms with van der Waals surface area (Å²) in [6.45, 7) is 3.35. The standard InChI is InChI=1S/C16H21N3O2/c17-16(20)10-19-5-6-21-11-13(9-19)7-12-1-2-15-14(8-12)3-4-18-15/h1-4,8,13,18H,5-7,9-11H2,(H2,17,20). The molecule has 3 N–H and O–H groups in total. The van der Waals surface area contributed by atoms with Crippen LogP contribution in [0.2, 0.25) is 0 Å². The highest BCUT2D eigenvalue weighted by molar-refractivity contribution is 5.79. The largest absolute Gasteiger partial charge is 0.380 e. The van der Waals surface area contributed by atoms with E-state index in [0.717, 1.165) is 31.6 Å². The molecule has 0 spiro atoms. The fraction of sp³-hybridized carbons (Fsp3) is 0.438. The minimum atomic E-state index is -0.274. The number of aromatic amines is 1. The molecule has 0 saturated carbocycles. The Labute approximate surface area is 124 Å². The number of rotatable bonds is 4. The molecular formula is C16H21N3O2. The average Bonchev–Trinajstić information content (AvgIpc) is 2.79. The maximum absolute atomic E-state index is 11.1. The number of amides is 1. The smallest absolute Gasteiger partial charge is 0.231 e. The number of hydrogen-bond acceptors (Lipinski definition) is 3. The summed E-state index contributed by atoms with van der Waals surface area (Å²) in [4.78, 5) is 16.4. The van der Waals surface area contributed by atoms with Gasteiger partial charge in [-0.05, 0) is 41.5 Å². The molecule has 1 fully saturated rings. The monoisotopic (exact) mass is 287 g/mol. The molecular weight excluding hydrogens is 266 g/mol. The molecule has 1 saturated heterocycles. The van der Waals surface area contributed by atoms with E-state index in [-0.39, 0.29) is 5.91 Å². The molecule has 3 rings (SSSR count). The van der Waals surface area contributed by atoms with Crippen LogP contribution in [0.4, 0.5) is 0 Å². The fourth-order valence-electron chi connectivity index (χ4n) is 3.00. The van der Waals surface area contributed by atoms with E-state index in [1.54, 1.807) is 0 Å². The summed E-state index contributed by atoms with van der Waals surface area (Å²) in [5, 5.41) is 1.23. The van der Waals surface area contributed by atoms with Crippen LogP contribution in [0.3, 0.4) is 0 Å². The highest BCUT2D eigenvalue weighted by Crippen LogP contribution is 2.18. The van der Waals surface area contributed by atoms with Crippen molar-refractivity contribution >= 4 is 16.8 Å². The number of H-pyrrole nitrogens is 1. The lowest BCUT2D eigenvalue weighted by molar-refractivity contribution is -0.119. The van der Waals surface area contributed by atoms with Gasteiger partial charge in [-0.3, -0.25) is 9.69 Å². The van der Waals surface area contributed by atoms with Crippen LogP contribution in [0.15, 0.2) is 30.5 Å². The number of fused-ring (bicyclic) bond motifs is 1. The average molecular weight is 287 g/mol. The predicted molar refractivity (Wildman–Crippen MR) is 81.9 cm³/mol. The van der Waals surface area contributed by atoms with Gasteiger partial charge in [0, 0.05) is 24.8 Å². The minimum Gasteiger partial charge on any atom is -0.380 e. The van der Waals surface area contributed by atoms with E-state index >= 15 is 0 Å². The minimum absolute atomic E-state index is 0.274. The number of nitrogens with one attached hydrogen (secondary N) is 1. The molecule has 0 aliphatic carbocycles. The number of carbonyl (C=O) groups is 1. The molecule has 0 bridgehead atoms. The summed E-state index contributed by atoms with van der Waals surface area (Å²) in [5.41, 5.74) is 7.76. The maximum Gasteiger partial charge on any atom is 0.231 e. The molecule has 2 heterocycles. The van der Waals surface area contributed by atoms with E-state index in [1.165, 1.54) is 10.9 Å². The van der Waals surface area contributed by atoms with Crippen molar-refractivity contribution in [3.63, 3.8) is 0 Å². The third-order valence-electron chi connectivity index (χ3n) is 3.94. The van der Waals surface area contributed by atoms with Gasteiger partial charge < -0.3 is 15.5 Å².